The molecule has 0 aliphatic heterocycles. The van der Waals surface area contributed by atoms with Crippen molar-refractivity contribution >= 4 is 43.0 Å². The molecule has 0 unspecified atom stereocenters. The predicted molar refractivity (Wildman–Crippen MR) is 90.7 cm³/mol. The van der Waals surface area contributed by atoms with Gasteiger partial charge in [-0.1, -0.05) is 18.2 Å². The highest BCUT2D eigenvalue weighted by atomic mass is 79.9. The Hall–Kier alpha value is -0.890. The molecule has 2 N–H and O–H groups in total. The molecule has 0 fully saturated rings. The molecule has 2 rings (SSSR count). The number of nitrogens with two attached hydrogens (primary N) is 1. The largest absolute Gasteiger partial charge is 0.398 e. The molecule has 0 radical (unpaired) electrons. The van der Waals surface area contributed by atoms with Crippen molar-refractivity contribution in [2.24, 2.45) is 0 Å². The molecular formula is C14H17BrN2O2S2. The van der Waals surface area contributed by atoms with Gasteiger partial charge in [0.15, 0.2) is 0 Å². The summed E-state index contributed by atoms with van der Waals surface area (Å²) in [7, 11) is -3.55. The van der Waals surface area contributed by atoms with Gasteiger partial charge in [0, 0.05) is 22.7 Å². The minimum Gasteiger partial charge on any atom is -0.398 e. The molecular weight excluding hydrogens is 372 g/mol. The molecule has 1 heterocycles. The van der Waals surface area contributed by atoms with E-state index in [1.54, 1.807) is 17.5 Å². The Labute approximate surface area is 137 Å². The Balaban J connectivity index is 2.41. The van der Waals surface area contributed by atoms with E-state index < -0.39 is 10.0 Å². The first kappa shape index (κ1) is 16.5. The van der Waals surface area contributed by atoms with E-state index in [9.17, 15) is 8.42 Å². The van der Waals surface area contributed by atoms with Crippen LogP contribution in [0.5, 0.6) is 0 Å². The summed E-state index contributed by atoms with van der Waals surface area (Å²) < 4.78 is 28.1. The average molecular weight is 389 g/mol. The van der Waals surface area contributed by atoms with E-state index in [2.05, 4.69) is 15.9 Å². The molecule has 1 aromatic carbocycles. The highest BCUT2D eigenvalue weighted by Gasteiger charge is 2.30. The maximum Gasteiger partial charge on any atom is 0.254 e. The van der Waals surface area contributed by atoms with Crippen molar-refractivity contribution in [3.8, 4) is 0 Å². The number of hydrogen-bond donors (Lipinski definition) is 1. The molecule has 0 saturated heterocycles. The van der Waals surface area contributed by atoms with E-state index in [0.29, 0.717) is 14.4 Å². The summed E-state index contributed by atoms with van der Waals surface area (Å²) in [6.07, 6.45) is 0. The minimum atomic E-state index is -3.55. The number of hydrogen-bond acceptors (Lipinski definition) is 4. The fourth-order valence-electron chi connectivity index (χ4n) is 1.96. The van der Waals surface area contributed by atoms with Crippen molar-refractivity contribution in [1.29, 1.82) is 0 Å². The molecule has 114 valence electrons. The van der Waals surface area contributed by atoms with Crippen molar-refractivity contribution in [3.05, 3.63) is 45.7 Å². The van der Waals surface area contributed by atoms with Gasteiger partial charge in [-0.05, 0) is 52.9 Å². The second-order valence-electron chi connectivity index (χ2n) is 4.90. The number of rotatable bonds is 5. The van der Waals surface area contributed by atoms with Crippen LogP contribution in [0.1, 0.15) is 19.4 Å². The first-order valence-electron chi connectivity index (χ1n) is 6.42. The predicted octanol–water partition coefficient (Wildman–Crippen LogP) is 3.69. The van der Waals surface area contributed by atoms with Crippen molar-refractivity contribution in [1.82, 2.24) is 4.31 Å². The number of nitrogens with zero attached hydrogens (tertiary/aromatic N) is 1. The maximum absolute atomic E-state index is 12.8. The molecule has 0 bridgehead atoms. The molecule has 21 heavy (non-hydrogen) atoms. The Morgan fingerprint density at radius 2 is 1.95 bits per heavy atom. The van der Waals surface area contributed by atoms with Crippen LogP contribution in [0.2, 0.25) is 0 Å². The molecule has 0 saturated carbocycles. The number of benzene rings is 1. The van der Waals surface area contributed by atoms with E-state index in [1.807, 2.05) is 32.0 Å². The minimum absolute atomic E-state index is 0.163. The van der Waals surface area contributed by atoms with Crippen LogP contribution in [0.15, 0.2) is 44.4 Å². The third-order valence-corrected chi connectivity index (χ3v) is 7.75. The molecule has 0 aliphatic rings. The lowest BCUT2D eigenvalue weighted by atomic mass is 10.2. The normalized spacial score (nSPS) is 12.2. The summed E-state index contributed by atoms with van der Waals surface area (Å²) in [4.78, 5) is 0. The molecule has 1 aromatic heterocycles. The van der Waals surface area contributed by atoms with Crippen LogP contribution in [0.25, 0.3) is 0 Å². The Bertz CT molecular complexity index is 726. The highest BCUT2D eigenvalue weighted by molar-refractivity contribution is 9.10. The fraction of sp³-hybridized carbons (Fsp3) is 0.286. The van der Waals surface area contributed by atoms with Crippen LogP contribution in [-0.4, -0.2) is 18.8 Å². The van der Waals surface area contributed by atoms with E-state index in [-0.39, 0.29) is 12.6 Å². The van der Waals surface area contributed by atoms with Crippen LogP contribution in [0, 0.1) is 0 Å². The van der Waals surface area contributed by atoms with Gasteiger partial charge in [-0.3, -0.25) is 0 Å². The van der Waals surface area contributed by atoms with Crippen molar-refractivity contribution in [2.75, 3.05) is 5.73 Å². The van der Waals surface area contributed by atoms with Gasteiger partial charge in [0.05, 0.1) is 0 Å². The van der Waals surface area contributed by atoms with Crippen LogP contribution in [0.3, 0.4) is 0 Å². The SMILES string of the molecule is CC(C)N(Cc1ccccc1N)S(=O)(=O)c1sccc1Br. The van der Waals surface area contributed by atoms with Gasteiger partial charge in [-0.25, -0.2) is 8.42 Å². The standard InChI is InChI=1S/C14H17BrN2O2S2/c1-10(2)17(9-11-5-3-4-6-13(11)16)21(18,19)14-12(15)7-8-20-14/h3-8,10H,9,16H2,1-2H3. The summed E-state index contributed by atoms with van der Waals surface area (Å²) in [5.74, 6) is 0. The molecule has 4 nitrogen and oxygen atoms in total. The Morgan fingerprint density at radius 1 is 1.29 bits per heavy atom. The van der Waals surface area contributed by atoms with E-state index in [0.717, 1.165) is 5.56 Å². The van der Waals surface area contributed by atoms with Gasteiger partial charge in [0.1, 0.15) is 4.21 Å². The average Bonchev–Trinajstić information content (AvgIpc) is 2.84. The van der Waals surface area contributed by atoms with Crippen molar-refractivity contribution in [2.45, 2.75) is 30.6 Å². The monoisotopic (exact) mass is 388 g/mol. The van der Waals surface area contributed by atoms with Gasteiger partial charge in [-0.2, -0.15) is 4.31 Å². The third-order valence-electron chi connectivity index (χ3n) is 3.08. The fourth-order valence-corrected chi connectivity index (χ4v) is 6.00. The Kier molecular flexibility index (Phi) is 5.08. The first-order chi connectivity index (χ1) is 9.84. The van der Waals surface area contributed by atoms with E-state index in [4.69, 9.17) is 5.73 Å². The zero-order valence-corrected chi connectivity index (χ0v) is 15.0. The lowest BCUT2D eigenvalue weighted by molar-refractivity contribution is 0.349. The van der Waals surface area contributed by atoms with Crippen LogP contribution >= 0.6 is 27.3 Å². The van der Waals surface area contributed by atoms with Crippen LogP contribution < -0.4 is 5.73 Å². The maximum atomic E-state index is 12.8. The first-order valence-corrected chi connectivity index (χ1v) is 9.53. The van der Waals surface area contributed by atoms with Gasteiger partial charge < -0.3 is 5.73 Å². The quantitative estimate of drug-likeness (QED) is 0.794. The van der Waals surface area contributed by atoms with Gasteiger partial charge in [0.2, 0.25) is 0 Å². The molecule has 2 aromatic rings. The molecule has 7 heteroatoms. The summed E-state index contributed by atoms with van der Waals surface area (Å²) >= 11 is 4.51. The van der Waals surface area contributed by atoms with E-state index >= 15 is 0 Å². The number of halogens is 1. The lowest BCUT2D eigenvalue weighted by Gasteiger charge is -2.26. The zero-order valence-electron chi connectivity index (χ0n) is 11.8. The number of nitrogen functional groups attached to an aromatic ring is 1. The van der Waals surface area contributed by atoms with Crippen LogP contribution in [0.4, 0.5) is 5.69 Å². The molecule has 0 spiro atoms. The van der Waals surface area contributed by atoms with Gasteiger partial charge in [-0.15, -0.1) is 11.3 Å². The van der Waals surface area contributed by atoms with Gasteiger partial charge >= 0.3 is 0 Å². The van der Waals surface area contributed by atoms with Crippen molar-refractivity contribution in [3.63, 3.8) is 0 Å². The molecule has 0 aliphatic carbocycles. The zero-order chi connectivity index (χ0) is 15.6. The second-order valence-corrected chi connectivity index (χ2v) is 8.76. The number of thiophene rings is 1. The Morgan fingerprint density at radius 3 is 2.48 bits per heavy atom. The summed E-state index contributed by atoms with van der Waals surface area (Å²) in [5, 5.41) is 1.76. The summed E-state index contributed by atoms with van der Waals surface area (Å²) in [6, 6.07) is 8.91. The third kappa shape index (κ3) is 3.48. The lowest BCUT2D eigenvalue weighted by Crippen LogP contribution is -2.36. The van der Waals surface area contributed by atoms with Gasteiger partial charge in [0.25, 0.3) is 10.0 Å². The van der Waals surface area contributed by atoms with Crippen LogP contribution in [-0.2, 0) is 16.6 Å². The topological polar surface area (TPSA) is 63.4 Å². The number of para-hydroxylation sites is 1. The molecule has 0 amide bonds. The summed E-state index contributed by atoms with van der Waals surface area (Å²) in [5.41, 5.74) is 7.34. The highest BCUT2D eigenvalue weighted by Crippen LogP contribution is 2.32. The number of sulfonamides is 1. The summed E-state index contributed by atoms with van der Waals surface area (Å²) in [6.45, 7) is 3.98. The van der Waals surface area contributed by atoms with E-state index in [1.165, 1.54) is 15.6 Å². The molecule has 0 atom stereocenters. The smallest absolute Gasteiger partial charge is 0.254 e. The number of anilines is 1. The van der Waals surface area contributed by atoms with Crippen molar-refractivity contribution < 1.29 is 8.42 Å². The second kappa shape index (κ2) is 6.48.